The number of anilines is 1. The molecule has 1 aromatic carbocycles. The lowest BCUT2D eigenvalue weighted by Crippen LogP contribution is -2.05. The number of ether oxygens (including phenoxy) is 1. The maximum atomic E-state index is 5.65. The molecule has 0 aliphatic rings. The first-order valence-electron chi connectivity index (χ1n) is 5.53. The van der Waals surface area contributed by atoms with Gasteiger partial charge in [-0.05, 0) is 45.0 Å². The molecule has 0 unspecified atom stereocenters. The van der Waals surface area contributed by atoms with Gasteiger partial charge in [0.1, 0.15) is 5.75 Å². The fraction of sp³-hybridized carbons (Fsp3) is 0.333. The highest BCUT2D eigenvalue weighted by atomic mass is 16.5. The first-order chi connectivity index (χ1) is 8.08. The SMILES string of the molecule is Cc1c(N)nnn1-c1ccc(OC(C)C)cc1. The molecule has 2 aromatic rings. The Morgan fingerprint density at radius 2 is 1.88 bits per heavy atom. The van der Waals surface area contributed by atoms with E-state index in [-0.39, 0.29) is 6.10 Å². The van der Waals surface area contributed by atoms with Gasteiger partial charge in [0.2, 0.25) is 0 Å². The number of hydrogen-bond donors (Lipinski definition) is 1. The van der Waals surface area contributed by atoms with Crippen molar-refractivity contribution < 1.29 is 4.74 Å². The number of aromatic nitrogens is 3. The summed E-state index contributed by atoms with van der Waals surface area (Å²) in [5.41, 5.74) is 7.41. The van der Waals surface area contributed by atoms with Gasteiger partial charge in [-0.1, -0.05) is 5.21 Å². The van der Waals surface area contributed by atoms with E-state index < -0.39 is 0 Å². The minimum atomic E-state index is 0.171. The van der Waals surface area contributed by atoms with Crippen LogP contribution in [0.2, 0.25) is 0 Å². The normalized spacial score (nSPS) is 10.8. The fourth-order valence-corrected chi connectivity index (χ4v) is 1.52. The third kappa shape index (κ3) is 2.38. The summed E-state index contributed by atoms with van der Waals surface area (Å²) in [6.45, 7) is 5.88. The van der Waals surface area contributed by atoms with Crippen LogP contribution in [0.3, 0.4) is 0 Å². The van der Waals surface area contributed by atoms with E-state index in [0.717, 1.165) is 17.1 Å². The van der Waals surface area contributed by atoms with E-state index in [1.807, 2.05) is 45.0 Å². The predicted octanol–water partition coefficient (Wildman–Crippen LogP) is 1.95. The first kappa shape index (κ1) is 11.4. The summed E-state index contributed by atoms with van der Waals surface area (Å²) in [5, 5.41) is 7.80. The minimum absolute atomic E-state index is 0.171. The van der Waals surface area contributed by atoms with Crippen LogP contribution in [0, 0.1) is 6.92 Å². The molecule has 5 heteroatoms. The van der Waals surface area contributed by atoms with Crippen molar-refractivity contribution in [1.29, 1.82) is 0 Å². The second-order valence-electron chi connectivity index (χ2n) is 4.13. The maximum absolute atomic E-state index is 5.65. The molecule has 90 valence electrons. The lowest BCUT2D eigenvalue weighted by atomic mass is 10.3. The van der Waals surface area contributed by atoms with Crippen LogP contribution in [-0.2, 0) is 0 Å². The molecule has 0 bridgehead atoms. The molecular weight excluding hydrogens is 216 g/mol. The van der Waals surface area contributed by atoms with Gasteiger partial charge < -0.3 is 10.5 Å². The Kier molecular flexibility index (Phi) is 2.99. The van der Waals surface area contributed by atoms with Crippen LogP contribution in [0.25, 0.3) is 5.69 Å². The zero-order chi connectivity index (χ0) is 12.4. The number of nitrogens with two attached hydrogens (primary N) is 1. The molecule has 0 saturated heterocycles. The number of nitrogens with zero attached hydrogens (tertiary/aromatic N) is 3. The summed E-state index contributed by atoms with van der Waals surface area (Å²) < 4.78 is 7.27. The van der Waals surface area contributed by atoms with E-state index in [9.17, 15) is 0 Å². The highest BCUT2D eigenvalue weighted by Crippen LogP contribution is 2.18. The molecule has 1 aromatic heterocycles. The summed E-state index contributed by atoms with van der Waals surface area (Å²) in [6.07, 6.45) is 0.171. The van der Waals surface area contributed by atoms with Crippen molar-refractivity contribution in [1.82, 2.24) is 15.0 Å². The van der Waals surface area contributed by atoms with E-state index in [2.05, 4.69) is 10.3 Å². The van der Waals surface area contributed by atoms with Crippen molar-refractivity contribution in [3.05, 3.63) is 30.0 Å². The second kappa shape index (κ2) is 4.45. The van der Waals surface area contributed by atoms with Crippen molar-refractivity contribution in [2.45, 2.75) is 26.9 Å². The Morgan fingerprint density at radius 1 is 1.24 bits per heavy atom. The first-order valence-corrected chi connectivity index (χ1v) is 5.53. The highest BCUT2D eigenvalue weighted by molar-refractivity contribution is 5.42. The van der Waals surface area contributed by atoms with Crippen LogP contribution < -0.4 is 10.5 Å². The number of benzene rings is 1. The molecule has 0 spiro atoms. The molecule has 2 N–H and O–H groups in total. The molecule has 0 aliphatic carbocycles. The van der Waals surface area contributed by atoms with Crippen LogP contribution >= 0.6 is 0 Å². The fourth-order valence-electron chi connectivity index (χ4n) is 1.52. The molecule has 2 rings (SSSR count). The molecule has 0 fully saturated rings. The lowest BCUT2D eigenvalue weighted by Gasteiger charge is -2.10. The van der Waals surface area contributed by atoms with E-state index in [4.69, 9.17) is 10.5 Å². The van der Waals surface area contributed by atoms with Crippen molar-refractivity contribution in [3.63, 3.8) is 0 Å². The summed E-state index contributed by atoms with van der Waals surface area (Å²) in [5.74, 6) is 1.29. The number of nitrogen functional groups attached to an aromatic ring is 1. The van der Waals surface area contributed by atoms with Crippen LogP contribution in [-0.4, -0.2) is 21.1 Å². The molecule has 0 amide bonds. The lowest BCUT2D eigenvalue weighted by molar-refractivity contribution is 0.242. The number of rotatable bonds is 3. The standard InChI is InChI=1S/C12H16N4O/c1-8(2)17-11-6-4-10(5-7-11)16-9(3)12(13)14-15-16/h4-8H,13H2,1-3H3. The van der Waals surface area contributed by atoms with Crippen molar-refractivity contribution in [2.75, 3.05) is 5.73 Å². The van der Waals surface area contributed by atoms with E-state index in [1.165, 1.54) is 0 Å². The van der Waals surface area contributed by atoms with Gasteiger partial charge in [0, 0.05) is 0 Å². The Bertz CT molecular complexity index is 502. The summed E-state index contributed by atoms with van der Waals surface area (Å²) in [6, 6.07) is 7.68. The Morgan fingerprint density at radius 3 is 2.35 bits per heavy atom. The van der Waals surface area contributed by atoms with E-state index in [1.54, 1.807) is 4.68 Å². The van der Waals surface area contributed by atoms with E-state index in [0.29, 0.717) is 5.82 Å². The van der Waals surface area contributed by atoms with E-state index >= 15 is 0 Å². The zero-order valence-corrected chi connectivity index (χ0v) is 10.2. The van der Waals surface area contributed by atoms with Gasteiger partial charge in [-0.25, -0.2) is 4.68 Å². The summed E-state index contributed by atoms with van der Waals surface area (Å²) in [7, 11) is 0. The third-order valence-corrected chi connectivity index (χ3v) is 2.38. The van der Waals surface area contributed by atoms with Gasteiger partial charge in [0.05, 0.1) is 17.5 Å². The third-order valence-electron chi connectivity index (χ3n) is 2.38. The monoisotopic (exact) mass is 232 g/mol. The smallest absolute Gasteiger partial charge is 0.169 e. The van der Waals surface area contributed by atoms with Gasteiger partial charge in [-0.2, -0.15) is 0 Å². The average Bonchev–Trinajstić information content (AvgIpc) is 2.60. The van der Waals surface area contributed by atoms with Gasteiger partial charge in [0.15, 0.2) is 5.82 Å². The molecule has 0 aliphatic heterocycles. The molecule has 5 nitrogen and oxygen atoms in total. The molecular formula is C12H16N4O. The predicted molar refractivity (Wildman–Crippen MR) is 66.3 cm³/mol. The van der Waals surface area contributed by atoms with Crippen LogP contribution in [0.15, 0.2) is 24.3 Å². The number of hydrogen-bond acceptors (Lipinski definition) is 4. The molecule has 0 atom stereocenters. The zero-order valence-electron chi connectivity index (χ0n) is 10.2. The summed E-state index contributed by atoms with van der Waals surface area (Å²) in [4.78, 5) is 0. The maximum Gasteiger partial charge on any atom is 0.169 e. The van der Waals surface area contributed by atoms with Crippen molar-refractivity contribution in [3.8, 4) is 11.4 Å². The van der Waals surface area contributed by atoms with Crippen molar-refractivity contribution >= 4 is 5.82 Å². The Labute approximate surface area is 100 Å². The Balaban J connectivity index is 2.26. The highest BCUT2D eigenvalue weighted by Gasteiger charge is 2.07. The topological polar surface area (TPSA) is 66.0 Å². The van der Waals surface area contributed by atoms with Crippen molar-refractivity contribution in [2.24, 2.45) is 0 Å². The molecule has 17 heavy (non-hydrogen) atoms. The Hall–Kier alpha value is -2.04. The average molecular weight is 232 g/mol. The van der Waals surface area contributed by atoms with Gasteiger partial charge in [-0.3, -0.25) is 0 Å². The van der Waals surface area contributed by atoms with Crippen LogP contribution in [0.4, 0.5) is 5.82 Å². The second-order valence-corrected chi connectivity index (χ2v) is 4.13. The minimum Gasteiger partial charge on any atom is -0.491 e. The molecule has 0 saturated carbocycles. The summed E-state index contributed by atoms with van der Waals surface area (Å²) >= 11 is 0. The van der Waals surface area contributed by atoms with Crippen LogP contribution in [0.1, 0.15) is 19.5 Å². The van der Waals surface area contributed by atoms with Gasteiger partial charge in [0.25, 0.3) is 0 Å². The molecule has 1 heterocycles. The molecule has 0 radical (unpaired) electrons. The van der Waals surface area contributed by atoms with Gasteiger partial charge in [-0.15, -0.1) is 5.10 Å². The largest absolute Gasteiger partial charge is 0.491 e. The van der Waals surface area contributed by atoms with Gasteiger partial charge >= 0.3 is 0 Å². The van der Waals surface area contributed by atoms with Crippen LogP contribution in [0.5, 0.6) is 5.75 Å². The quantitative estimate of drug-likeness (QED) is 0.878.